The van der Waals surface area contributed by atoms with Crippen molar-refractivity contribution in [2.24, 2.45) is 0 Å². The van der Waals surface area contributed by atoms with Crippen molar-refractivity contribution in [1.29, 1.82) is 0 Å². The number of aliphatic carboxylic acids is 1. The van der Waals surface area contributed by atoms with Gasteiger partial charge in [0.05, 0.1) is 0 Å². The number of rotatable bonds is 4. The van der Waals surface area contributed by atoms with E-state index in [4.69, 9.17) is 4.42 Å². The summed E-state index contributed by atoms with van der Waals surface area (Å²) in [5.74, 6) is 3.49. The van der Waals surface area contributed by atoms with Crippen LogP contribution in [0.4, 0.5) is 0 Å². The summed E-state index contributed by atoms with van der Waals surface area (Å²) >= 11 is 0. The summed E-state index contributed by atoms with van der Waals surface area (Å²) in [5.41, 5.74) is 0.170. The van der Waals surface area contributed by atoms with E-state index in [-0.39, 0.29) is 11.5 Å². The van der Waals surface area contributed by atoms with Crippen LogP contribution >= 0.6 is 0 Å². The van der Waals surface area contributed by atoms with Crippen LogP contribution < -0.4 is 5.32 Å². The highest BCUT2D eigenvalue weighted by atomic mass is 16.4. The predicted octanol–water partition coefficient (Wildman–Crippen LogP) is 2.27. The fraction of sp³-hybridized carbons (Fsp3) is 0.263. The van der Waals surface area contributed by atoms with Crippen LogP contribution in [0.15, 0.2) is 40.8 Å². The van der Waals surface area contributed by atoms with E-state index in [1.807, 2.05) is 13.0 Å². The molecule has 0 aliphatic carbocycles. The minimum absolute atomic E-state index is 0.0565. The largest absolute Gasteiger partial charge is 0.479 e. The summed E-state index contributed by atoms with van der Waals surface area (Å²) in [5, 5.41) is 21.4. The third-order valence-electron chi connectivity index (χ3n) is 3.22. The lowest BCUT2D eigenvalue weighted by Gasteiger charge is -2.14. The quantitative estimate of drug-likeness (QED) is 0.741. The second-order valence-corrected chi connectivity index (χ2v) is 6.13. The summed E-state index contributed by atoms with van der Waals surface area (Å²) in [6.07, 6.45) is 0. The van der Waals surface area contributed by atoms with Gasteiger partial charge in [-0.15, -0.1) is 0 Å². The molecular formula is C19H19NO5. The Morgan fingerprint density at radius 3 is 2.56 bits per heavy atom. The van der Waals surface area contributed by atoms with E-state index in [0.717, 1.165) is 5.56 Å². The third kappa shape index (κ3) is 5.23. The number of carbonyl (C=O) groups excluding carboxylic acids is 1. The van der Waals surface area contributed by atoms with E-state index in [1.54, 1.807) is 18.2 Å². The number of hydrogen-bond donors (Lipinski definition) is 3. The smallest absolute Gasteiger partial charge is 0.330 e. The zero-order valence-corrected chi connectivity index (χ0v) is 14.2. The monoisotopic (exact) mass is 341 g/mol. The third-order valence-corrected chi connectivity index (χ3v) is 3.22. The molecule has 1 aromatic carbocycles. The Balaban J connectivity index is 2.18. The van der Waals surface area contributed by atoms with Crippen molar-refractivity contribution in [1.82, 2.24) is 5.32 Å². The van der Waals surface area contributed by atoms with Crippen molar-refractivity contribution in [3.05, 3.63) is 59.0 Å². The maximum Gasteiger partial charge on any atom is 0.330 e. The Morgan fingerprint density at radius 1 is 1.24 bits per heavy atom. The fourth-order valence-electron chi connectivity index (χ4n) is 2.08. The Labute approximate surface area is 145 Å². The highest BCUT2D eigenvalue weighted by molar-refractivity contribution is 5.94. The molecule has 6 heteroatoms. The van der Waals surface area contributed by atoms with Gasteiger partial charge in [-0.3, -0.25) is 4.79 Å². The lowest BCUT2D eigenvalue weighted by Crippen LogP contribution is -2.33. The number of aryl methyl sites for hydroxylation is 1. The molecule has 0 unspecified atom stereocenters. The average molecular weight is 341 g/mol. The average Bonchev–Trinajstić information content (AvgIpc) is 2.98. The zero-order valence-electron chi connectivity index (χ0n) is 14.2. The van der Waals surface area contributed by atoms with E-state index < -0.39 is 23.5 Å². The number of carbonyl (C=O) groups is 2. The molecular weight excluding hydrogens is 322 g/mol. The molecule has 1 aromatic heterocycles. The number of carboxylic acids is 1. The zero-order chi connectivity index (χ0) is 18.6. The van der Waals surface area contributed by atoms with Crippen LogP contribution in [0.5, 0.6) is 0 Å². The topological polar surface area (TPSA) is 99.8 Å². The molecule has 0 bridgehead atoms. The van der Waals surface area contributed by atoms with E-state index in [2.05, 4.69) is 17.2 Å². The molecule has 2 aromatic rings. The van der Waals surface area contributed by atoms with E-state index in [9.17, 15) is 19.8 Å². The number of hydrogen-bond acceptors (Lipinski definition) is 4. The number of carboxylic acid groups (broad SMARTS) is 1. The first kappa shape index (κ1) is 18.3. The van der Waals surface area contributed by atoms with Crippen LogP contribution in [0, 0.1) is 18.8 Å². The summed E-state index contributed by atoms with van der Waals surface area (Å²) < 4.78 is 5.29. The Kier molecular flexibility index (Phi) is 5.30. The van der Waals surface area contributed by atoms with Crippen molar-refractivity contribution in [3.8, 4) is 11.8 Å². The number of aliphatic hydroxyl groups is 1. The van der Waals surface area contributed by atoms with Gasteiger partial charge in [0, 0.05) is 0 Å². The van der Waals surface area contributed by atoms with Gasteiger partial charge in [0.2, 0.25) is 0 Å². The van der Waals surface area contributed by atoms with Gasteiger partial charge in [0.1, 0.15) is 5.60 Å². The van der Waals surface area contributed by atoms with Crippen LogP contribution in [0.25, 0.3) is 0 Å². The molecule has 3 N–H and O–H groups in total. The van der Waals surface area contributed by atoms with Crippen LogP contribution in [-0.2, 0) is 4.79 Å². The molecule has 0 aliphatic rings. The molecule has 1 heterocycles. The number of nitrogens with one attached hydrogen (secondary N) is 1. The van der Waals surface area contributed by atoms with E-state index in [0.29, 0.717) is 5.56 Å². The normalized spacial score (nSPS) is 12.0. The maximum absolute atomic E-state index is 12.3. The first-order valence-electron chi connectivity index (χ1n) is 7.61. The lowest BCUT2D eigenvalue weighted by atomic mass is 10.0. The molecule has 0 saturated carbocycles. The molecule has 2 rings (SSSR count). The second kappa shape index (κ2) is 7.24. The Morgan fingerprint density at radius 2 is 1.96 bits per heavy atom. The number of benzene rings is 1. The van der Waals surface area contributed by atoms with Gasteiger partial charge in [-0.2, -0.15) is 0 Å². The molecule has 0 saturated heterocycles. The summed E-state index contributed by atoms with van der Waals surface area (Å²) in [4.78, 5) is 23.8. The van der Waals surface area contributed by atoms with Gasteiger partial charge in [0.25, 0.3) is 5.91 Å². The lowest BCUT2D eigenvalue weighted by molar-refractivity contribution is -0.139. The second-order valence-electron chi connectivity index (χ2n) is 6.13. The predicted molar refractivity (Wildman–Crippen MR) is 90.9 cm³/mol. The van der Waals surface area contributed by atoms with E-state index in [1.165, 1.54) is 26.0 Å². The molecule has 0 fully saturated rings. The minimum Gasteiger partial charge on any atom is -0.479 e. The highest BCUT2D eigenvalue weighted by Crippen LogP contribution is 2.16. The maximum atomic E-state index is 12.3. The molecule has 25 heavy (non-hydrogen) atoms. The summed E-state index contributed by atoms with van der Waals surface area (Å²) in [7, 11) is 0. The molecule has 1 atom stereocenters. The van der Waals surface area contributed by atoms with Gasteiger partial charge >= 0.3 is 5.97 Å². The molecule has 130 valence electrons. The molecule has 0 spiro atoms. The first-order chi connectivity index (χ1) is 11.7. The Hall–Kier alpha value is -3.04. The van der Waals surface area contributed by atoms with Gasteiger partial charge in [-0.25, -0.2) is 4.79 Å². The number of furan rings is 1. The first-order valence-corrected chi connectivity index (χ1v) is 7.61. The van der Waals surface area contributed by atoms with Crippen molar-refractivity contribution in [2.75, 3.05) is 0 Å². The van der Waals surface area contributed by atoms with Crippen molar-refractivity contribution in [3.63, 3.8) is 0 Å². The molecule has 0 radical (unpaired) electrons. The standard InChI is InChI=1S/C19H19NO5/c1-12-5-4-6-13(11-12)16(18(22)23)20-17(21)15-8-7-14(25-15)9-10-19(2,3)24/h4-8,11,16,24H,1-3H3,(H,20,21)(H,22,23)/t16-/m1/s1. The van der Waals surface area contributed by atoms with Gasteiger partial charge in [-0.05, 0) is 44.4 Å². The highest BCUT2D eigenvalue weighted by Gasteiger charge is 2.24. The number of amides is 1. The van der Waals surface area contributed by atoms with Crippen LogP contribution in [0.3, 0.4) is 0 Å². The van der Waals surface area contributed by atoms with Crippen LogP contribution in [-0.4, -0.2) is 27.7 Å². The molecule has 0 aliphatic heterocycles. The van der Waals surface area contributed by atoms with Gasteiger partial charge < -0.3 is 19.9 Å². The Bertz CT molecular complexity index is 848. The SMILES string of the molecule is Cc1cccc([C@@H](NC(=O)c2ccc(C#CC(C)(C)O)o2)C(=O)O)c1. The van der Waals surface area contributed by atoms with E-state index >= 15 is 0 Å². The van der Waals surface area contributed by atoms with Crippen molar-refractivity contribution < 1.29 is 24.2 Å². The van der Waals surface area contributed by atoms with Crippen molar-refractivity contribution >= 4 is 11.9 Å². The van der Waals surface area contributed by atoms with Gasteiger partial charge in [0.15, 0.2) is 17.6 Å². The molecule has 6 nitrogen and oxygen atoms in total. The van der Waals surface area contributed by atoms with Crippen LogP contribution in [0.1, 0.15) is 47.3 Å². The fourth-order valence-corrected chi connectivity index (χ4v) is 2.08. The summed E-state index contributed by atoms with van der Waals surface area (Å²) in [6, 6.07) is 8.59. The molecule has 1 amide bonds. The summed E-state index contributed by atoms with van der Waals surface area (Å²) in [6.45, 7) is 4.89. The van der Waals surface area contributed by atoms with Gasteiger partial charge in [-0.1, -0.05) is 35.7 Å². The van der Waals surface area contributed by atoms with Crippen LogP contribution in [0.2, 0.25) is 0 Å². The minimum atomic E-state index is -1.19. The van der Waals surface area contributed by atoms with Crippen molar-refractivity contribution in [2.45, 2.75) is 32.4 Å².